The molecule has 0 saturated heterocycles. The third-order valence-corrected chi connectivity index (χ3v) is 2.77. The molecule has 0 spiro atoms. The Labute approximate surface area is 116 Å². The van der Waals surface area contributed by atoms with E-state index in [0.717, 1.165) is 17.7 Å². The second-order valence-electron chi connectivity index (χ2n) is 4.53. The van der Waals surface area contributed by atoms with E-state index in [1.54, 1.807) is 12.4 Å². The third-order valence-electron chi connectivity index (χ3n) is 2.77. The summed E-state index contributed by atoms with van der Waals surface area (Å²) in [6, 6.07) is 7.43. The molecular weight excluding hydrogens is 262 g/mol. The van der Waals surface area contributed by atoms with Crippen LogP contribution in [-0.2, 0) is 6.54 Å². The van der Waals surface area contributed by atoms with Gasteiger partial charge in [-0.25, -0.2) is 8.78 Å². The first kappa shape index (κ1) is 14.4. The Kier molecular flexibility index (Phi) is 5.01. The molecule has 1 aromatic heterocycles. The molecule has 1 atom stereocenters. The van der Waals surface area contributed by atoms with Crippen molar-refractivity contribution in [1.82, 2.24) is 10.3 Å². The number of aromatic nitrogens is 1. The fourth-order valence-electron chi connectivity index (χ4n) is 1.64. The summed E-state index contributed by atoms with van der Waals surface area (Å²) < 4.78 is 31.2. The Morgan fingerprint density at radius 3 is 2.80 bits per heavy atom. The van der Waals surface area contributed by atoms with E-state index >= 15 is 0 Å². The Morgan fingerprint density at radius 2 is 2.10 bits per heavy atom. The topological polar surface area (TPSA) is 34.1 Å². The summed E-state index contributed by atoms with van der Waals surface area (Å²) in [5.41, 5.74) is 1.08. The van der Waals surface area contributed by atoms with Crippen molar-refractivity contribution in [1.29, 1.82) is 0 Å². The van der Waals surface area contributed by atoms with Crippen LogP contribution < -0.4 is 10.1 Å². The molecular formula is C15H16F2N2O. The van der Waals surface area contributed by atoms with Crippen molar-refractivity contribution in [2.75, 3.05) is 6.61 Å². The molecule has 0 amide bonds. The number of pyridine rings is 1. The van der Waals surface area contributed by atoms with Crippen molar-refractivity contribution >= 4 is 0 Å². The minimum atomic E-state index is -0.904. The molecule has 0 bridgehead atoms. The molecule has 0 fully saturated rings. The largest absolute Gasteiger partial charge is 0.492 e. The van der Waals surface area contributed by atoms with Crippen LogP contribution in [0.2, 0.25) is 0 Å². The summed E-state index contributed by atoms with van der Waals surface area (Å²) in [6.45, 7) is 3.00. The molecule has 1 heterocycles. The van der Waals surface area contributed by atoms with Crippen molar-refractivity contribution in [3.8, 4) is 5.75 Å². The van der Waals surface area contributed by atoms with Crippen LogP contribution >= 0.6 is 0 Å². The van der Waals surface area contributed by atoms with Gasteiger partial charge in [0, 0.05) is 31.0 Å². The summed E-state index contributed by atoms with van der Waals surface area (Å²) in [4.78, 5) is 4.03. The number of hydrogen-bond donors (Lipinski definition) is 1. The van der Waals surface area contributed by atoms with Crippen LogP contribution in [0.25, 0.3) is 0 Å². The molecule has 2 aromatic rings. The van der Waals surface area contributed by atoms with Crippen LogP contribution in [0.3, 0.4) is 0 Å². The van der Waals surface area contributed by atoms with Gasteiger partial charge in [0.25, 0.3) is 0 Å². The van der Waals surface area contributed by atoms with E-state index in [0.29, 0.717) is 18.9 Å². The minimum absolute atomic E-state index is 0.0725. The van der Waals surface area contributed by atoms with Gasteiger partial charge in [0.1, 0.15) is 12.4 Å². The fraction of sp³-hybridized carbons (Fsp3) is 0.267. The molecule has 0 radical (unpaired) electrons. The monoisotopic (exact) mass is 278 g/mol. The summed E-state index contributed by atoms with van der Waals surface area (Å²) >= 11 is 0. The SMILES string of the molecule is C[C@H](COc1ccc(F)c(F)c1)NCc1cccnc1. The molecule has 1 aromatic carbocycles. The lowest BCUT2D eigenvalue weighted by Gasteiger charge is -2.15. The molecule has 20 heavy (non-hydrogen) atoms. The molecule has 0 aliphatic rings. The van der Waals surface area contributed by atoms with Crippen molar-refractivity contribution < 1.29 is 13.5 Å². The Morgan fingerprint density at radius 1 is 1.25 bits per heavy atom. The van der Waals surface area contributed by atoms with Crippen LogP contribution in [-0.4, -0.2) is 17.6 Å². The lowest BCUT2D eigenvalue weighted by Crippen LogP contribution is -2.31. The van der Waals surface area contributed by atoms with Crippen LogP contribution in [0.1, 0.15) is 12.5 Å². The zero-order chi connectivity index (χ0) is 14.4. The van der Waals surface area contributed by atoms with Gasteiger partial charge in [0.2, 0.25) is 0 Å². The highest BCUT2D eigenvalue weighted by atomic mass is 19.2. The maximum absolute atomic E-state index is 13.0. The Bertz CT molecular complexity index is 549. The van der Waals surface area contributed by atoms with Crippen molar-refractivity contribution in [3.63, 3.8) is 0 Å². The zero-order valence-corrected chi connectivity index (χ0v) is 11.1. The minimum Gasteiger partial charge on any atom is -0.492 e. The summed E-state index contributed by atoms with van der Waals surface area (Å²) in [7, 11) is 0. The second-order valence-corrected chi connectivity index (χ2v) is 4.53. The lowest BCUT2D eigenvalue weighted by atomic mass is 10.2. The predicted octanol–water partition coefficient (Wildman–Crippen LogP) is 2.92. The molecule has 3 nitrogen and oxygen atoms in total. The zero-order valence-electron chi connectivity index (χ0n) is 11.1. The van der Waals surface area contributed by atoms with Gasteiger partial charge in [0.05, 0.1) is 0 Å². The highest BCUT2D eigenvalue weighted by Crippen LogP contribution is 2.15. The molecule has 0 saturated carbocycles. The van der Waals surface area contributed by atoms with Gasteiger partial charge < -0.3 is 10.1 Å². The average Bonchev–Trinajstić information content (AvgIpc) is 2.47. The van der Waals surface area contributed by atoms with Gasteiger partial charge in [-0.2, -0.15) is 0 Å². The molecule has 1 N–H and O–H groups in total. The number of hydrogen-bond acceptors (Lipinski definition) is 3. The van der Waals surface area contributed by atoms with Gasteiger partial charge in [0.15, 0.2) is 11.6 Å². The predicted molar refractivity (Wildman–Crippen MR) is 72.4 cm³/mol. The first-order valence-electron chi connectivity index (χ1n) is 6.35. The summed E-state index contributed by atoms with van der Waals surface area (Å²) in [6.07, 6.45) is 3.51. The van der Waals surface area contributed by atoms with E-state index in [9.17, 15) is 8.78 Å². The van der Waals surface area contributed by atoms with Crippen LogP contribution in [0.4, 0.5) is 8.78 Å². The van der Waals surface area contributed by atoms with E-state index in [-0.39, 0.29) is 6.04 Å². The van der Waals surface area contributed by atoms with E-state index < -0.39 is 11.6 Å². The highest BCUT2D eigenvalue weighted by Gasteiger charge is 2.06. The Balaban J connectivity index is 1.77. The van der Waals surface area contributed by atoms with Gasteiger partial charge in [-0.3, -0.25) is 4.98 Å². The normalized spacial score (nSPS) is 12.2. The van der Waals surface area contributed by atoms with Gasteiger partial charge in [-0.15, -0.1) is 0 Å². The molecule has 0 aliphatic heterocycles. The van der Waals surface area contributed by atoms with Crippen molar-refractivity contribution in [3.05, 3.63) is 59.9 Å². The van der Waals surface area contributed by atoms with Gasteiger partial charge >= 0.3 is 0 Å². The van der Waals surface area contributed by atoms with E-state index in [1.807, 2.05) is 19.1 Å². The molecule has 2 rings (SSSR count). The maximum atomic E-state index is 13.0. The highest BCUT2D eigenvalue weighted by molar-refractivity contribution is 5.23. The van der Waals surface area contributed by atoms with E-state index in [2.05, 4.69) is 10.3 Å². The number of rotatable bonds is 6. The average molecular weight is 278 g/mol. The summed E-state index contributed by atoms with van der Waals surface area (Å²) in [5.74, 6) is -1.46. The van der Waals surface area contributed by atoms with Crippen molar-refractivity contribution in [2.24, 2.45) is 0 Å². The maximum Gasteiger partial charge on any atom is 0.162 e. The van der Waals surface area contributed by atoms with Gasteiger partial charge in [-0.05, 0) is 30.7 Å². The van der Waals surface area contributed by atoms with Crippen LogP contribution in [0, 0.1) is 11.6 Å². The number of benzene rings is 1. The summed E-state index contributed by atoms with van der Waals surface area (Å²) in [5, 5.41) is 3.26. The van der Waals surface area contributed by atoms with Crippen LogP contribution in [0.15, 0.2) is 42.7 Å². The first-order chi connectivity index (χ1) is 9.65. The number of nitrogens with one attached hydrogen (secondary N) is 1. The molecule has 0 aliphatic carbocycles. The second kappa shape index (κ2) is 6.96. The molecule has 0 unspecified atom stereocenters. The Hall–Kier alpha value is -2.01. The fourth-order valence-corrected chi connectivity index (χ4v) is 1.64. The standard InChI is InChI=1S/C15H16F2N2O/c1-11(19-9-12-3-2-6-18-8-12)10-20-13-4-5-14(16)15(17)7-13/h2-8,11,19H,9-10H2,1H3/t11-/m1/s1. The smallest absolute Gasteiger partial charge is 0.162 e. The number of halogens is 2. The first-order valence-corrected chi connectivity index (χ1v) is 6.35. The quantitative estimate of drug-likeness (QED) is 0.882. The third kappa shape index (κ3) is 4.28. The van der Waals surface area contributed by atoms with Crippen LogP contribution in [0.5, 0.6) is 5.75 Å². The van der Waals surface area contributed by atoms with Crippen molar-refractivity contribution in [2.45, 2.75) is 19.5 Å². The molecule has 5 heteroatoms. The number of nitrogens with zero attached hydrogens (tertiary/aromatic N) is 1. The van der Waals surface area contributed by atoms with Gasteiger partial charge in [-0.1, -0.05) is 6.07 Å². The lowest BCUT2D eigenvalue weighted by molar-refractivity contribution is 0.270. The van der Waals surface area contributed by atoms with E-state index in [1.165, 1.54) is 6.07 Å². The van der Waals surface area contributed by atoms with E-state index in [4.69, 9.17) is 4.74 Å². The number of ether oxygens (including phenoxy) is 1. The molecule has 106 valence electrons.